The van der Waals surface area contributed by atoms with E-state index in [0.717, 1.165) is 0 Å². The van der Waals surface area contributed by atoms with Crippen molar-refractivity contribution in [2.45, 2.75) is 39.3 Å². The third-order valence-electron chi connectivity index (χ3n) is 1.56. The Kier molecular flexibility index (Phi) is 5.89. The monoisotopic (exact) mass is 268 g/mol. The van der Waals surface area contributed by atoms with Crippen molar-refractivity contribution in [2.24, 2.45) is 0 Å². The minimum atomic E-state index is -4.24. The Bertz CT molecular complexity index is 377. The van der Waals surface area contributed by atoms with Gasteiger partial charge in [0, 0.05) is 0 Å². The quantitative estimate of drug-likeness (QED) is 0.614. The second kappa shape index (κ2) is 6.40. The van der Waals surface area contributed by atoms with Gasteiger partial charge in [-0.25, -0.2) is 9.52 Å². The summed E-state index contributed by atoms with van der Waals surface area (Å²) in [4.78, 5) is 21.6. The molecule has 0 aliphatic carbocycles. The topological polar surface area (TPSA) is 122 Å². The van der Waals surface area contributed by atoms with E-state index in [9.17, 15) is 18.0 Å². The molecule has 0 aromatic carbocycles. The zero-order valence-electron chi connectivity index (χ0n) is 9.76. The number of ether oxygens (including phenoxy) is 1. The van der Waals surface area contributed by atoms with Gasteiger partial charge in [0.1, 0.15) is 6.04 Å². The van der Waals surface area contributed by atoms with Crippen molar-refractivity contribution in [3.63, 3.8) is 0 Å². The van der Waals surface area contributed by atoms with E-state index < -0.39 is 34.4 Å². The van der Waals surface area contributed by atoms with Crippen molar-refractivity contribution >= 4 is 22.3 Å². The average molecular weight is 268 g/mol. The summed E-state index contributed by atoms with van der Waals surface area (Å²) in [6.07, 6.45) is -1.59. The molecule has 0 saturated heterocycles. The highest BCUT2D eigenvalue weighted by molar-refractivity contribution is 7.88. The van der Waals surface area contributed by atoms with Gasteiger partial charge in [-0.2, -0.15) is 13.1 Å². The van der Waals surface area contributed by atoms with Crippen molar-refractivity contribution < 1.29 is 27.9 Å². The first kappa shape index (κ1) is 15.7. The molecule has 0 fully saturated rings. The molecule has 8 nitrogen and oxygen atoms in total. The van der Waals surface area contributed by atoms with E-state index in [2.05, 4.69) is 4.74 Å². The van der Waals surface area contributed by atoms with E-state index in [1.54, 1.807) is 18.6 Å². The Hall–Kier alpha value is -1.35. The molecule has 17 heavy (non-hydrogen) atoms. The number of rotatable bonds is 6. The Morgan fingerprint density at radius 1 is 1.35 bits per heavy atom. The zero-order chi connectivity index (χ0) is 13.6. The largest absolute Gasteiger partial charge is 0.480 e. The van der Waals surface area contributed by atoms with Gasteiger partial charge in [-0.05, 0) is 20.3 Å². The van der Waals surface area contributed by atoms with E-state index >= 15 is 0 Å². The van der Waals surface area contributed by atoms with Crippen molar-refractivity contribution in [1.29, 1.82) is 0 Å². The molecule has 0 saturated carbocycles. The number of carbonyl (C=O) groups excluding carboxylic acids is 1. The predicted octanol–water partition coefficient (Wildman–Crippen LogP) is -0.181. The van der Waals surface area contributed by atoms with E-state index in [1.165, 1.54) is 6.92 Å². The maximum Gasteiger partial charge on any atom is 0.422 e. The SMILES string of the molecule is CCC(NS(=O)(=O)NC(=O)OC(C)C)C(=O)O. The van der Waals surface area contributed by atoms with Crippen molar-refractivity contribution in [1.82, 2.24) is 9.44 Å². The Labute approximate surface area is 99.5 Å². The fraction of sp³-hybridized carbons (Fsp3) is 0.750. The third kappa shape index (κ3) is 6.74. The number of aliphatic carboxylic acids is 1. The van der Waals surface area contributed by atoms with Crippen molar-refractivity contribution in [3.05, 3.63) is 0 Å². The smallest absolute Gasteiger partial charge is 0.422 e. The van der Waals surface area contributed by atoms with E-state index in [-0.39, 0.29) is 6.42 Å². The van der Waals surface area contributed by atoms with Gasteiger partial charge in [-0.3, -0.25) is 4.79 Å². The number of nitrogens with one attached hydrogen (secondary N) is 2. The zero-order valence-corrected chi connectivity index (χ0v) is 10.6. The van der Waals surface area contributed by atoms with Gasteiger partial charge < -0.3 is 9.84 Å². The van der Waals surface area contributed by atoms with Crippen LogP contribution in [0.2, 0.25) is 0 Å². The van der Waals surface area contributed by atoms with Gasteiger partial charge in [-0.15, -0.1) is 0 Å². The fourth-order valence-electron chi connectivity index (χ4n) is 0.873. The molecule has 1 atom stereocenters. The normalized spacial score (nSPS) is 13.2. The first-order valence-corrected chi connectivity index (χ1v) is 6.39. The Morgan fingerprint density at radius 3 is 2.24 bits per heavy atom. The van der Waals surface area contributed by atoms with Crippen LogP contribution >= 0.6 is 0 Å². The number of carbonyl (C=O) groups is 2. The fourth-order valence-corrected chi connectivity index (χ4v) is 1.84. The maximum atomic E-state index is 11.3. The summed E-state index contributed by atoms with van der Waals surface area (Å²) in [5.74, 6) is -1.32. The van der Waals surface area contributed by atoms with Crippen molar-refractivity contribution in [2.75, 3.05) is 0 Å². The predicted molar refractivity (Wildman–Crippen MR) is 58.5 cm³/mol. The van der Waals surface area contributed by atoms with Gasteiger partial charge in [0.05, 0.1) is 6.10 Å². The van der Waals surface area contributed by atoms with Gasteiger partial charge in [0.15, 0.2) is 0 Å². The van der Waals surface area contributed by atoms with Gasteiger partial charge in [0.2, 0.25) is 0 Å². The van der Waals surface area contributed by atoms with E-state index in [1.807, 2.05) is 4.72 Å². The van der Waals surface area contributed by atoms with Crippen LogP contribution in [0.25, 0.3) is 0 Å². The lowest BCUT2D eigenvalue weighted by atomic mass is 10.2. The average Bonchev–Trinajstić information content (AvgIpc) is 2.11. The molecule has 0 bridgehead atoms. The minimum absolute atomic E-state index is 0.0511. The van der Waals surface area contributed by atoms with Crippen LogP contribution in [-0.2, 0) is 19.7 Å². The Morgan fingerprint density at radius 2 is 1.88 bits per heavy atom. The third-order valence-corrected chi connectivity index (χ3v) is 2.59. The molecule has 3 N–H and O–H groups in total. The molecule has 0 rings (SSSR count). The van der Waals surface area contributed by atoms with Crippen LogP contribution < -0.4 is 9.44 Å². The molecule has 0 aliphatic rings. The van der Waals surface area contributed by atoms with Crippen LogP contribution in [0.15, 0.2) is 0 Å². The molecule has 0 radical (unpaired) electrons. The van der Waals surface area contributed by atoms with Crippen LogP contribution in [0.4, 0.5) is 4.79 Å². The highest BCUT2D eigenvalue weighted by Gasteiger charge is 2.24. The lowest BCUT2D eigenvalue weighted by Gasteiger charge is -2.14. The molecule has 100 valence electrons. The first-order chi connectivity index (χ1) is 7.68. The van der Waals surface area contributed by atoms with Crippen LogP contribution in [0.5, 0.6) is 0 Å². The molecule has 0 aliphatic heterocycles. The molecule has 1 unspecified atom stereocenters. The van der Waals surface area contributed by atoms with Crippen LogP contribution in [0, 0.1) is 0 Å². The van der Waals surface area contributed by atoms with Crippen LogP contribution in [-0.4, -0.2) is 37.7 Å². The number of amides is 1. The summed E-state index contributed by atoms with van der Waals surface area (Å²) in [5, 5.41) is 8.65. The highest BCUT2D eigenvalue weighted by Crippen LogP contribution is 1.95. The summed E-state index contributed by atoms with van der Waals surface area (Å²) in [6.45, 7) is 4.59. The molecule has 0 aromatic heterocycles. The number of hydrogen-bond donors (Lipinski definition) is 3. The van der Waals surface area contributed by atoms with Crippen LogP contribution in [0.3, 0.4) is 0 Å². The Balaban J connectivity index is 4.49. The van der Waals surface area contributed by atoms with Crippen molar-refractivity contribution in [3.8, 4) is 0 Å². The molecular formula is C8H16N2O6S. The molecule has 0 heterocycles. The van der Waals surface area contributed by atoms with Crippen LogP contribution in [0.1, 0.15) is 27.2 Å². The summed E-state index contributed by atoms with van der Waals surface area (Å²) < 4.78 is 30.5. The standard InChI is InChI=1S/C8H16N2O6S/c1-4-6(7(11)12)9-17(14,15)10-8(13)16-5(2)3/h5-6,9H,4H2,1-3H3,(H,10,13)(H,11,12). The van der Waals surface area contributed by atoms with Gasteiger partial charge >= 0.3 is 22.3 Å². The van der Waals surface area contributed by atoms with E-state index in [0.29, 0.717) is 0 Å². The first-order valence-electron chi connectivity index (χ1n) is 4.91. The van der Waals surface area contributed by atoms with E-state index in [4.69, 9.17) is 5.11 Å². The lowest BCUT2D eigenvalue weighted by molar-refractivity contribution is -0.139. The van der Waals surface area contributed by atoms with Gasteiger partial charge in [-0.1, -0.05) is 6.92 Å². The summed E-state index contributed by atoms with van der Waals surface area (Å²) in [5.41, 5.74) is 0. The minimum Gasteiger partial charge on any atom is -0.480 e. The summed E-state index contributed by atoms with van der Waals surface area (Å²) in [6, 6.07) is -1.29. The highest BCUT2D eigenvalue weighted by atomic mass is 32.2. The number of carboxylic acids is 1. The summed E-state index contributed by atoms with van der Waals surface area (Å²) in [7, 11) is -4.24. The van der Waals surface area contributed by atoms with Gasteiger partial charge in [0.25, 0.3) is 0 Å². The maximum absolute atomic E-state index is 11.3. The molecular weight excluding hydrogens is 252 g/mol. The summed E-state index contributed by atoms with van der Waals surface area (Å²) >= 11 is 0. The molecule has 0 aromatic rings. The second-order valence-electron chi connectivity index (χ2n) is 3.48. The molecule has 0 spiro atoms. The number of hydrogen-bond acceptors (Lipinski definition) is 5. The number of carboxylic acid groups (broad SMARTS) is 1. The molecule has 9 heteroatoms. The second-order valence-corrected chi connectivity index (χ2v) is 4.92. The molecule has 1 amide bonds. The lowest BCUT2D eigenvalue weighted by Crippen LogP contribution is -2.48.